The second-order valence-corrected chi connectivity index (χ2v) is 7.43. The first-order chi connectivity index (χ1) is 11.1. The van der Waals surface area contributed by atoms with Crippen molar-refractivity contribution in [2.24, 2.45) is 0 Å². The minimum Gasteiger partial charge on any atom is -0.453 e. The van der Waals surface area contributed by atoms with Gasteiger partial charge in [-0.05, 0) is 43.5 Å². The second kappa shape index (κ2) is 6.52. The Morgan fingerprint density at radius 2 is 1.96 bits per heavy atom. The van der Waals surface area contributed by atoms with E-state index < -0.39 is 5.97 Å². The van der Waals surface area contributed by atoms with Gasteiger partial charge in [-0.15, -0.1) is 22.7 Å². The monoisotopic (exact) mass is 345 g/mol. The zero-order valence-corrected chi connectivity index (χ0v) is 14.4. The first-order valence-corrected chi connectivity index (χ1v) is 8.74. The van der Waals surface area contributed by atoms with Crippen LogP contribution in [0, 0.1) is 13.8 Å². The van der Waals surface area contributed by atoms with E-state index in [4.69, 9.17) is 4.74 Å². The Morgan fingerprint density at radius 1 is 1.22 bits per heavy atom. The minimum absolute atomic E-state index is 0.167. The fourth-order valence-corrected chi connectivity index (χ4v) is 4.06. The van der Waals surface area contributed by atoms with E-state index in [-0.39, 0.29) is 12.4 Å². The molecule has 0 amide bonds. The zero-order valence-electron chi connectivity index (χ0n) is 12.7. The number of hydrogen-bond acceptors (Lipinski definition) is 5. The van der Waals surface area contributed by atoms with Gasteiger partial charge in [-0.25, -0.2) is 4.79 Å². The highest BCUT2D eigenvalue weighted by Gasteiger charge is 2.19. The summed E-state index contributed by atoms with van der Waals surface area (Å²) < 4.78 is 7.07. The number of carbonyl (C=O) groups is 2. The highest BCUT2D eigenvalue weighted by atomic mass is 32.1. The number of esters is 1. The Bertz CT molecular complexity index is 843. The lowest BCUT2D eigenvalue weighted by atomic mass is 10.2. The van der Waals surface area contributed by atoms with E-state index in [0.29, 0.717) is 10.4 Å². The van der Waals surface area contributed by atoms with Crippen molar-refractivity contribution < 1.29 is 14.3 Å². The molecule has 4 nitrogen and oxygen atoms in total. The van der Waals surface area contributed by atoms with E-state index in [1.54, 1.807) is 11.3 Å². The van der Waals surface area contributed by atoms with E-state index in [0.717, 1.165) is 15.4 Å². The van der Waals surface area contributed by atoms with Gasteiger partial charge in [0.05, 0.1) is 5.69 Å². The molecule has 0 radical (unpaired) electrons. The van der Waals surface area contributed by atoms with Crippen molar-refractivity contribution in [3.05, 3.63) is 62.2 Å². The van der Waals surface area contributed by atoms with Gasteiger partial charge in [-0.3, -0.25) is 4.79 Å². The maximum atomic E-state index is 12.3. The summed E-state index contributed by atoms with van der Waals surface area (Å²) in [6, 6.07) is 7.47. The number of aromatic nitrogens is 1. The number of aryl methyl sites for hydroxylation is 2. The van der Waals surface area contributed by atoms with Gasteiger partial charge in [0.25, 0.3) is 0 Å². The van der Waals surface area contributed by atoms with Crippen LogP contribution in [-0.2, 0) is 4.74 Å². The lowest BCUT2D eigenvalue weighted by molar-refractivity contribution is 0.0479. The third-order valence-corrected chi connectivity index (χ3v) is 5.24. The van der Waals surface area contributed by atoms with E-state index in [2.05, 4.69) is 0 Å². The third-order valence-electron chi connectivity index (χ3n) is 3.39. The van der Waals surface area contributed by atoms with Crippen LogP contribution in [0.4, 0.5) is 0 Å². The number of rotatable bonds is 5. The van der Waals surface area contributed by atoms with Gasteiger partial charge in [0.1, 0.15) is 4.88 Å². The van der Waals surface area contributed by atoms with Crippen LogP contribution in [0.2, 0.25) is 0 Å². The topological polar surface area (TPSA) is 48.3 Å². The molecule has 0 fully saturated rings. The number of ketones is 1. The number of ether oxygens (including phenoxy) is 1. The van der Waals surface area contributed by atoms with E-state index in [9.17, 15) is 9.59 Å². The molecule has 0 bridgehead atoms. The largest absolute Gasteiger partial charge is 0.453 e. The van der Waals surface area contributed by atoms with Gasteiger partial charge in [-0.2, -0.15) is 0 Å². The molecule has 23 heavy (non-hydrogen) atoms. The second-order valence-electron chi connectivity index (χ2n) is 5.05. The molecule has 0 N–H and O–H groups in total. The Balaban J connectivity index is 1.70. The van der Waals surface area contributed by atoms with Crippen molar-refractivity contribution in [2.75, 3.05) is 6.61 Å². The minimum atomic E-state index is -0.471. The fourth-order valence-electron chi connectivity index (χ4n) is 2.34. The Morgan fingerprint density at radius 3 is 2.61 bits per heavy atom. The van der Waals surface area contributed by atoms with Gasteiger partial charge in [0.15, 0.2) is 6.61 Å². The summed E-state index contributed by atoms with van der Waals surface area (Å²) >= 11 is 2.87. The van der Waals surface area contributed by atoms with Crippen LogP contribution >= 0.6 is 22.7 Å². The molecular weight excluding hydrogens is 330 g/mol. The van der Waals surface area contributed by atoms with Gasteiger partial charge in [0.2, 0.25) is 5.78 Å². The van der Waals surface area contributed by atoms with Crippen molar-refractivity contribution in [1.82, 2.24) is 4.57 Å². The normalized spacial score (nSPS) is 10.7. The van der Waals surface area contributed by atoms with Crippen molar-refractivity contribution in [3.63, 3.8) is 0 Å². The third kappa shape index (κ3) is 3.28. The molecule has 0 saturated carbocycles. The summed E-state index contributed by atoms with van der Waals surface area (Å²) in [7, 11) is 0. The van der Waals surface area contributed by atoms with E-state index in [1.165, 1.54) is 11.3 Å². The highest BCUT2D eigenvalue weighted by Crippen LogP contribution is 2.23. The summed E-state index contributed by atoms with van der Waals surface area (Å²) in [6.45, 7) is 3.62. The van der Waals surface area contributed by atoms with E-state index >= 15 is 0 Å². The molecule has 0 atom stereocenters. The predicted octanol–water partition coefficient (Wildman–Crippen LogP) is 4.26. The molecule has 0 aliphatic heterocycles. The lowest BCUT2D eigenvalue weighted by Crippen LogP contribution is -2.14. The molecule has 0 unspecified atom stereocenters. The van der Waals surface area contributed by atoms with Crippen LogP contribution in [0.1, 0.15) is 29.8 Å². The zero-order chi connectivity index (χ0) is 16.4. The number of thiophene rings is 2. The van der Waals surface area contributed by atoms with Gasteiger partial charge in [0, 0.05) is 27.7 Å². The predicted molar refractivity (Wildman–Crippen MR) is 92.1 cm³/mol. The van der Waals surface area contributed by atoms with Crippen molar-refractivity contribution in [1.29, 1.82) is 0 Å². The number of nitrogens with zero attached hydrogens (tertiary/aromatic N) is 1. The highest BCUT2D eigenvalue weighted by molar-refractivity contribution is 7.12. The first-order valence-electron chi connectivity index (χ1n) is 7.04. The smallest absolute Gasteiger partial charge is 0.350 e. The molecule has 0 aromatic carbocycles. The number of carbonyl (C=O) groups excluding carboxylic acids is 2. The summed E-state index contributed by atoms with van der Waals surface area (Å²) in [5.74, 6) is -0.638. The molecule has 3 rings (SSSR count). The fraction of sp³-hybridized carbons (Fsp3) is 0.176. The van der Waals surface area contributed by atoms with Crippen LogP contribution < -0.4 is 0 Å². The van der Waals surface area contributed by atoms with Crippen molar-refractivity contribution in [2.45, 2.75) is 13.8 Å². The van der Waals surface area contributed by atoms with Gasteiger partial charge in [-0.1, -0.05) is 0 Å². The number of Topliss-reactive ketones (excluding diaryl/α,β-unsaturated/α-hetero) is 1. The Labute approximate surface area is 142 Å². The molecule has 118 valence electrons. The van der Waals surface area contributed by atoms with Crippen molar-refractivity contribution >= 4 is 34.4 Å². The maximum Gasteiger partial charge on any atom is 0.350 e. The quantitative estimate of drug-likeness (QED) is 0.513. The molecule has 0 aliphatic carbocycles. The average molecular weight is 345 g/mol. The summed E-state index contributed by atoms with van der Waals surface area (Å²) in [5, 5.41) is 1.83. The van der Waals surface area contributed by atoms with Crippen LogP contribution in [-0.4, -0.2) is 22.9 Å². The molecule has 3 aromatic rings. The first kappa shape index (κ1) is 15.7. The standard InChI is InChI=1S/C17H15NO3S2/c1-11-9-13(12(2)23-11)15(19)10-21-17(20)16-14(5-8-22-16)18-6-3-4-7-18/h3-9H,10H2,1-2H3. The maximum absolute atomic E-state index is 12.3. The number of hydrogen-bond donors (Lipinski definition) is 0. The van der Waals surface area contributed by atoms with Gasteiger partial charge >= 0.3 is 5.97 Å². The van der Waals surface area contributed by atoms with Crippen LogP contribution in [0.5, 0.6) is 0 Å². The molecule has 3 heterocycles. The average Bonchev–Trinajstić information content (AvgIpc) is 3.23. The molecule has 0 aliphatic rings. The summed E-state index contributed by atoms with van der Waals surface area (Å²) in [6.07, 6.45) is 3.73. The summed E-state index contributed by atoms with van der Waals surface area (Å²) in [4.78, 5) is 27.0. The van der Waals surface area contributed by atoms with Gasteiger partial charge < -0.3 is 9.30 Å². The molecular formula is C17H15NO3S2. The van der Waals surface area contributed by atoms with Crippen LogP contribution in [0.3, 0.4) is 0 Å². The Hall–Kier alpha value is -2.18. The molecule has 0 spiro atoms. The van der Waals surface area contributed by atoms with Crippen LogP contribution in [0.25, 0.3) is 5.69 Å². The van der Waals surface area contributed by atoms with Crippen molar-refractivity contribution in [3.8, 4) is 5.69 Å². The Kier molecular flexibility index (Phi) is 4.45. The SMILES string of the molecule is Cc1cc(C(=O)COC(=O)c2sccc2-n2cccc2)c(C)s1. The molecule has 0 saturated heterocycles. The molecule has 6 heteroatoms. The summed E-state index contributed by atoms with van der Waals surface area (Å²) in [5.41, 5.74) is 1.40. The van der Waals surface area contributed by atoms with Crippen LogP contribution in [0.15, 0.2) is 42.0 Å². The lowest BCUT2D eigenvalue weighted by Gasteiger charge is -2.06. The van der Waals surface area contributed by atoms with E-state index in [1.807, 2.05) is 60.5 Å². The molecule has 3 aromatic heterocycles.